The van der Waals surface area contributed by atoms with E-state index in [1.807, 2.05) is 0 Å². The number of nitriles is 1. The van der Waals surface area contributed by atoms with Crippen LogP contribution in [0.3, 0.4) is 0 Å². The highest BCUT2D eigenvalue weighted by atomic mass is 79.9. The molecule has 0 saturated carbocycles. The van der Waals surface area contributed by atoms with Gasteiger partial charge in [0.25, 0.3) is 0 Å². The normalized spacial score (nSPS) is 13.2. The van der Waals surface area contributed by atoms with Crippen molar-refractivity contribution in [1.29, 1.82) is 5.26 Å². The van der Waals surface area contributed by atoms with Crippen LogP contribution in [0.25, 0.3) is 0 Å². The molecule has 1 aromatic heterocycles. The van der Waals surface area contributed by atoms with Gasteiger partial charge < -0.3 is 17.0 Å². The number of nitrogens with zero attached hydrogens (tertiary/aromatic N) is 2. The average molecular weight is 245 g/mol. The zero-order chi connectivity index (χ0) is 7.68. The van der Waals surface area contributed by atoms with Crippen molar-refractivity contribution in [2.45, 2.75) is 25.8 Å². The summed E-state index contributed by atoms with van der Waals surface area (Å²) in [5.41, 5.74) is 3.46. The molecule has 0 fully saturated rings. The van der Waals surface area contributed by atoms with E-state index in [-0.39, 0.29) is 17.0 Å². The van der Waals surface area contributed by atoms with E-state index in [0.29, 0.717) is 6.54 Å². The third-order valence-corrected chi connectivity index (χ3v) is 3.13. The van der Waals surface area contributed by atoms with Crippen molar-refractivity contribution in [2.24, 2.45) is 0 Å². The molecule has 2 rings (SSSR count). The maximum absolute atomic E-state index is 8.50. The zero-order valence-electron chi connectivity index (χ0n) is 6.59. The smallest absolute Gasteiger partial charge is 0.235 e. The van der Waals surface area contributed by atoms with Gasteiger partial charge in [-0.05, 0) is 12.8 Å². The molecule has 0 N–H and O–H groups in total. The summed E-state index contributed by atoms with van der Waals surface area (Å²) in [6, 6.07) is 2.17. The Hall–Kier alpha value is -0.400. The molecule has 0 bridgehead atoms. The average Bonchev–Trinajstić information content (AvgIpc) is 2.53. The lowest BCUT2D eigenvalue weighted by molar-refractivity contribution is -0.687. The molecule has 64 valence electrons. The van der Waals surface area contributed by atoms with Gasteiger partial charge >= 0.3 is 0 Å². The second kappa shape index (κ2) is 4.01. The number of thiazole rings is 1. The minimum Gasteiger partial charge on any atom is -1.00 e. The molecule has 0 saturated heterocycles. The van der Waals surface area contributed by atoms with Crippen LogP contribution in [0.4, 0.5) is 0 Å². The molecule has 1 aliphatic carbocycles. The number of aromatic nitrogens is 1. The molecule has 0 unspecified atom stereocenters. The van der Waals surface area contributed by atoms with E-state index < -0.39 is 0 Å². The Kier molecular flexibility index (Phi) is 3.24. The first-order chi connectivity index (χ1) is 5.42. The van der Waals surface area contributed by atoms with Gasteiger partial charge in [-0.3, -0.25) is 0 Å². The highest BCUT2D eigenvalue weighted by molar-refractivity contribution is 7.09. The molecular weight excluding hydrogens is 236 g/mol. The molecule has 12 heavy (non-hydrogen) atoms. The Morgan fingerprint density at radius 3 is 3.17 bits per heavy atom. The standard InChI is InChI=1S/C8H9N2S.BrH/c9-4-5-10-6-11-8-3-1-2-7(8)10;/h6H,1-3,5H2;1H/q+1;/p-1. The highest BCUT2D eigenvalue weighted by Crippen LogP contribution is 2.22. The van der Waals surface area contributed by atoms with Crippen molar-refractivity contribution in [3.8, 4) is 6.07 Å². The van der Waals surface area contributed by atoms with E-state index in [0.717, 1.165) is 0 Å². The predicted molar refractivity (Wildman–Crippen MR) is 42.2 cm³/mol. The summed E-state index contributed by atoms with van der Waals surface area (Å²) in [7, 11) is 0. The van der Waals surface area contributed by atoms with E-state index in [4.69, 9.17) is 5.26 Å². The van der Waals surface area contributed by atoms with Crippen LogP contribution in [0.5, 0.6) is 0 Å². The van der Waals surface area contributed by atoms with E-state index in [9.17, 15) is 0 Å². The molecule has 2 nitrogen and oxygen atoms in total. The molecule has 0 aromatic carbocycles. The fourth-order valence-corrected chi connectivity index (χ4v) is 2.60. The lowest BCUT2D eigenvalue weighted by Gasteiger charge is -1.85. The van der Waals surface area contributed by atoms with Crippen molar-refractivity contribution in [3.05, 3.63) is 16.1 Å². The Balaban J connectivity index is 0.000000720. The topological polar surface area (TPSA) is 27.7 Å². The van der Waals surface area contributed by atoms with Crippen LogP contribution in [-0.2, 0) is 19.4 Å². The van der Waals surface area contributed by atoms with Gasteiger partial charge in [0.15, 0.2) is 5.69 Å². The largest absolute Gasteiger partial charge is 1.00 e. The lowest BCUT2D eigenvalue weighted by atomic mass is 10.3. The summed E-state index contributed by atoms with van der Waals surface area (Å²) in [4.78, 5) is 1.49. The Morgan fingerprint density at radius 1 is 1.58 bits per heavy atom. The first-order valence-electron chi connectivity index (χ1n) is 3.77. The predicted octanol–water partition coefficient (Wildman–Crippen LogP) is -1.95. The first-order valence-corrected chi connectivity index (χ1v) is 4.65. The lowest BCUT2D eigenvalue weighted by Crippen LogP contribution is -3.00. The molecule has 1 aliphatic rings. The summed E-state index contributed by atoms with van der Waals surface area (Å²) in [5.74, 6) is 0. The van der Waals surface area contributed by atoms with Gasteiger partial charge in [-0.2, -0.15) is 9.83 Å². The fraction of sp³-hybridized carbons (Fsp3) is 0.500. The summed E-state index contributed by atoms with van der Waals surface area (Å²) < 4.78 is 2.08. The maximum atomic E-state index is 8.50. The van der Waals surface area contributed by atoms with Crippen LogP contribution in [0, 0.1) is 11.3 Å². The molecule has 4 heteroatoms. The Morgan fingerprint density at radius 2 is 2.42 bits per heavy atom. The minimum absolute atomic E-state index is 0. The number of fused-ring (bicyclic) bond motifs is 1. The van der Waals surface area contributed by atoms with Crippen LogP contribution in [0.2, 0.25) is 0 Å². The first kappa shape index (κ1) is 9.69. The summed E-state index contributed by atoms with van der Waals surface area (Å²) in [6.07, 6.45) is 3.66. The van der Waals surface area contributed by atoms with Crippen molar-refractivity contribution in [2.75, 3.05) is 0 Å². The second-order valence-corrected chi connectivity index (χ2v) is 3.67. The van der Waals surface area contributed by atoms with Crippen molar-refractivity contribution in [3.63, 3.8) is 0 Å². The fourth-order valence-electron chi connectivity index (χ4n) is 1.53. The van der Waals surface area contributed by atoms with Gasteiger partial charge in [0.05, 0.1) is 4.88 Å². The number of rotatable bonds is 1. The van der Waals surface area contributed by atoms with E-state index >= 15 is 0 Å². The maximum Gasteiger partial charge on any atom is 0.235 e. The molecule has 1 heterocycles. The SMILES string of the molecule is N#CC[n+]1csc2c1CCC2.[Br-]. The number of aryl methyl sites for hydroxylation is 1. The van der Waals surface area contributed by atoms with Crippen LogP contribution >= 0.6 is 11.3 Å². The van der Waals surface area contributed by atoms with Crippen molar-refractivity contribution < 1.29 is 21.5 Å². The molecule has 0 radical (unpaired) electrons. The van der Waals surface area contributed by atoms with Crippen LogP contribution in [0.1, 0.15) is 17.0 Å². The Labute approximate surface area is 86.2 Å². The van der Waals surface area contributed by atoms with E-state index in [2.05, 4.69) is 16.1 Å². The minimum atomic E-state index is 0. The number of halogens is 1. The van der Waals surface area contributed by atoms with Gasteiger partial charge in [-0.1, -0.05) is 11.3 Å². The number of hydrogen-bond donors (Lipinski definition) is 0. The Bertz CT molecular complexity index is 313. The van der Waals surface area contributed by atoms with Gasteiger partial charge in [0.1, 0.15) is 6.07 Å². The van der Waals surface area contributed by atoms with E-state index in [1.165, 1.54) is 29.8 Å². The zero-order valence-corrected chi connectivity index (χ0v) is 8.99. The van der Waals surface area contributed by atoms with Crippen molar-refractivity contribution >= 4 is 11.3 Å². The van der Waals surface area contributed by atoms with Gasteiger partial charge in [0, 0.05) is 6.42 Å². The third kappa shape index (κ3) is 1.52. The van der Waals surface area contributed by atoms with Gasteiger partial charge in [0.2, 0.25) is 12.1 Å². The highest BCUT2D eigenvalue weighted by Gasteiger charge is 2.23. The summed E-state index contributed by atoms with van der Waals surface area (Å²) >= 11 is 1.79. The monoisotopic (exact) mass is 244 g/mol. The molecular formula is C8H9BrN2S. The molecule has 0 aliphatic heterocycles. The van der Waals surface area contributed by atoms with Gasteiger partial charge in [-0.15, -0.1) is 0 Å². The molecule has 0 atom stereocenters. The van der Waals surface area contributed by atoms with Gasteiger partial charge in [-0.25, -0.2) is 0 Å². The molecule has 0 amide bonds. The van der Waals surface area contributed by atoms with Crippen molar-refractivity contribution in [1.82, 2.24) is 0 Å². The molecule has 0 spiro atoms. The van der Waals surface area contributed by atoms with E-state index in [1.54, 1.807) is 11.3 Å². The third-order valence-electron chi connectivity index (χ3n) is 2.05. The van der Waals surface area contributed by atoms with Crippen LogP contribution in [0.15, 0.2) is 5.51 Å². The molecule has 1 aromatic rings. The van der Waals surface area contributed by atoms with Crippen LogP contribution < -0.4 is 21.5 Å². The number of hydrogen-bond acceptors (Lipinski definition) is 2. The summed E-state index contributed by atoms with van der Waals surface area (Å²) in [5, 5.41) is 8.50. The quantitative estimate of drug-likeness (QED) is 0.529. The second-order valence-electron chi connectivity index (χ2n) is 2.73. The summed E-state index contributed by atoms with van der Waals surface area (Å²) in [6.45, 7) is 0.520. The van der Waals surface area contributed by atoms with Crippen LogP contribution in [-0.4, -0.2) is 0 Å².